The van der Waals surface area contributed by atoms with Crippen LogP contribution in [0.1, 0.15) is 22.3 Å². The van der Waals surface area contributed by atoms with Crippen LogP contribution in [-0.4, -0.2) is 28.8 Å². The van der Waals surface area contributed by atoms with Gasteiger partial charge in [0.25, 0.3) is 0 Å². The zero-order valence-corrected chi connectivity index (χ0v) is 17.6. The number of carboxylic acids is 1. The van der Waals surface area contributed by atoms with Crippen LogP contribution in [0.5, 0.6) is 0 Å². The van der Waals surface area contributed by atoms with E-state index in [0.717, 1.165) is 5.56 Å². The molecule has 33 heavy (non-hydrogen) atoms. The van der Waals surface area contributed by atoms with Gasteiger partial charge in [0.05, 0.1) is 13.0 Å². The summed E-state index contributed by atoms with van der Waals surface area (Å²) in [5.74, 6) is -2.25. The monoisotopic (exact) mass is 453 g/mol. The molecule has 0 radical (unpaired) electrons. The molecule has 6 nitrogen and oxygen atoms in total. The summed E-state index contributed by atoms with van der Waals surface area (Å²) in [5, 5.41) is 10.4. The van der Waals surface area contributed by atoms with Crippen LogP contribution in [-0.2, 0) is 40.4 Å². The van der Waals surface area contributed by atoms with Gasteiger partial charge in [0.15, 0.2) is 0 Å². The largest absolute Gasteiger partial charge is 0.528 e. The third-order valence-electron chi connectivity index (χ3n) is 5.43. The maximum Gasteiger partial charge on any atom is 0.528 e. The number of carbonyl (C=O) groups is 2. The standard InChI is InChI=1S/C25H21F2NO5/c26-22-10-9-18(20-8-4-7-17(24(20)27)13-23(29)30)21-14-28(12-11-19(21)22)33-25(31)32-15-16-5-2-1-3-6-16/h1-10H,11-15H2,(H,29,30). The SMILES string of the molecule is O=C(O)Cc1cccc(-c2ccc(F)c3c2CN(OC(=O)OCc2ccccc2)CC3)c1F. The van der Waals surface area contributed by atoms with Crippen LogP contribution in [0.25, 0.3) is 11.1 Å². The van der Waals surface area contributed by atoms with Gasteiger partial charge >= 0.3 is 12.1 Å². The molecular formula is C25H21F2NO5. The Hall–Kier alpha value is -3.78. The van der Waals surface area contributed by atoms with E-state index in [1.165, 1.54) is 29.3 Å². The van der Waals surface area contributed by atoms with Gasteiger partial charge in [-0.2, -0.15) is 0 Å². The van der Waals surface area contributed by atoms with Crippen LogP contribution >= 0.6 is 0 Å². The molecule has 170 valence electrons. The van der Waals surface area contributed by atoms with Gasteiger partial charge in [-0.3, -0.25) is 4.79 Å². The van der Waals surface area contributed by atoms with Gasteiger partial charge < -0.3 is 14.7 Å². The zero-order valence-electron chi connectivity index (χ0n) is 17.6. The predicted molar refractivity (Wildman–Crippen MR) is 115 cm³/mol. The van der Waals surface area contributed by atoms with Crippen molar-refractivity contribution in [3.05, 3.63) is 94.6 Å². The Morgan fingerprint density at radius 3 is 2.48 bits per heavy atom. The van der Waals surface area contributed by atoms with Crippen LogP contribution in [0.3, 0.4) is 0 Å². The van der Waals surface area contributed by atoms with Crippen molar-refractivity contribution in [2.75, 3.05) is 6.54 Å². The Morgan fingerprint density at radius 1 is 0.939 bits per heavy atom. The Labute approximate surface area is 188 Å². The van der Waals surface area contributed by atoms with Crippen LogP contribution in [0.2, 0.25) is 0 Å². The minimum Gasteiger partial charge on any atom is -0.481 e. The second-order valence-corrected chi connectivity index (χ2v) is 7.63. The Morgan fingerprint density at radius 2 is 1.73 bits per heavy atom. The summed E-state index contributed by atoms with van der Waals surface area (Å²) in [4.78, 5) is 28.5. The molecule has 0 aliphatic carbocycles. The fraction of sp³-hybridized carbons (Fsp3) is 0.200. The molecule has 4 rings (SSSR count). The van der Waals surface area contributed by atoms with E-state index in [2.05, 4.69) is 0 Å². The number of aliphatic carboxylic acids is 1. The van der Waals surface area contributed by atoms with Gasteiger partial charge in [0.2, 0.25) is 0 Å². The first-order valence-corrected chi connectivity index (χ1v) is 10.4. The van der Waals surface area contributed by atoms with Gasteiger partial charge in [-0.1, -0.05) is 54.6 Å². The number of halogens is 2. The van der Waals surface area contributed by atoms with E-state index in [1.54, 1.807) is 6.07 Å². The predicted octanol–water partition coefficient (Wildman–Crippen LogP) is 4.89. The number of fused-ring (bicyclic) bond motifs is 1. The van der Waals surface area contributed by atoms with Gasteiger partial charge in [0.1, 0.15) is 18.2 Å². The molecule has 1 heterocycles. The van der Waals surface area contributed by atoms with E-state index in [0.29, 0.717) is 16.7 Å². The van der Waals surface area contributed by atoms with Gasteiger partial charge in [-0.25, -0.2) is 13.6 Å². The molecular weight excluding hydrogens is 432 g/mol. The number of hydroxylamine groups is 2. The van der Waals surface area contributed by atoms with E-state index in [-0.39, 0.29) is 37.2 Å². The Kier molecular flexibility index (Phi) is 6.65. The molecule has 8 heteroatoms. The maximum atomic E-state index is 15.1. The summed E-state index contributed by atoms with van der Waals surface area (Å²) in [6, 6.07) is 16.3. The van der Waals surface area contributed by atoms with E-state index in [1.807, 2.05) is 30.3 Å². The van der Waals surface area contributed by atoms with Crippen molar-refractivity contribution in [2.24, 2.45) is 0 Å². The molecule has 0 spiro atoms. The average Bonchev–Trinajstić information content (AvgIpc) is 2.80. The van der Waals surface area contributed by atoms with E-state index in [4.69, 9.17) is 14.7 Å². The summed E-state index contributed by atoms with van der Waals surface area (Å²) in [7, 11) is 0. The molecule has 1 aliphatic rings. The van der Waals surface area contributed by atoms with Crippen LogP contribution < -0.4 is 0 Å². The maximum absolute atomic E-state index is 15.1. The number of rotatable bonds is 6. The van der Waals surface area contributed by atoms with Crippen LogP contribution in [0, 0.1) is 11.6 Å². The van der Waals surface area contributed by atoms with Crippen molar-refractivity contribution in [2.45, 2.75) is 26.0 Å². The molecule has 0 amide bonds. The zero-order chi connectivity index (χ0) is 23.4. The number of hydrogen-bond donors (Lipinski definition) is 1. The molecule has 3 aromatic carbocycles. The van der Waals surface area contributed by atoms with E-state index >= 15 is 4.39 Å². The highest BCUT2D eigenvalue weighted by atomic mass is 19.1. The van der Waals surface area contributed by atoms with Gasteiger partial charge in [-0.05, 0) is 40.3 Å². The lowest BCUT2D eigenvalue weighted by atomic mass is 9.90. The molecule has 0 saturated carbocycles. The van der Waals surface area contributed by atoms with E-state index in [9.17, 15) is 14.0 Å². The molecule has 0 unspecified atom stereocenters. The summed E-state index contributed by atoms with van der Waals surface area (Å²) in [6.45, 7) is 0.326. The molecule has 1 N–H and O–H groups in total. The first kappa shape index (κ1) is 22.4. The van der Waals surface area contributed by atoms with Gasteiger partial charge in [-0.15, -0.1) is 5.06 Å². The third kappa shape index (κ3) is 5.18. The molecule has 3 aromatic rings. The smallest absolute Gasteiger partial charge is 0.481 e. The van der Waals surface area contributed by atoms with Crippen LogP contribution in [0.4, 0.5) is 13.6 Å². The molecule has 0 atom stereocenters. The summed E-state index contributed by atoms with van der Waals surface area (Å²) >= 11 is 0. The molecule has 0 saturated heterocycles. The fourth-order valence-corrected chi connectivity index (χ4v) is 3.87. The Bertz CT molecular complexity index is 1180. The van der Waals surface area contributed by atoms with Crippen molar-refractivity contribution < 1.29 is 33.1 Å². The highest BCUT2D eigenvalue weighted by Crippen LogP contribution is 2.34. The number of hydrogen-bond acceptors (Lipinski definition) is 5. The first-order valence-electron chi connectivity index (χ1n) is 10.4. The molecule has 0 fully saturated rings. The molecule has 0 aromatic heterocycles. The molecule has 1 aliphatic heterocycles. The highest BCUT2D eigenvalue weighted by molar-refractivity contribution is 5.74. The van der Waals surface area contributed by atoms with Crippen molar-refractivity contribution in [1.29, 1.82) is 0 Å². The van der Waals surface area contributed by atoms with Crippen molar-refractivity contribution >= 4 is 12.1 Å². The minimum atomic E-state index is -1.15. The second-order valence-electron chi connectivity index (χ2n) is 7.63. The number of benzene rings is 3. The number of carbonyl (C=O) groups excluding carboxylic acids is 1. The summed E-state index contributed by atoms with van der Waals surface area (Å²) in [5.41, 5.74) is 2.31. The number of ether oxygens (including phenoxy) is 1. The van der Waals surface area contributed by atoms with Crippen molar-refractivity contribution in [3.8, 4) is 11.1 Å². The number of nitrogens with zero attached hydrogens (tertiary/aromatic N) is 1. The normalized spacial score (nSPS) is 13.3. The second kappa shape index (κ2) is 9.79. The Balaban J connectivity index is 1.54. The molecule has 0 bridgehead atoms. The van der Waals surface area contributed by atoms with Crippen LogP contribution in [0.15, 0.2) is 60.7 Å². The van der Waals surface area contributed by atoms with Crippen molar-refractivity contribution in [3.63, 3.8) is 0 Å². The summed E-state index contributed by atoms with van der Waals surface area (Å²) in [6.07, 6.45) is -1.11. The number of carboxylic acid groups (broad SMARTS) is 1. The van der Waals surface area contributed by atoms with Gasteiger partial charge in [0, 0.05) is 12.1 Å². The topological polar surface area (TPSA) is 76.1 Å². The lowest BCUT2D eigenvalue weighted by molar-refractivity contribution is -0.139. The highest BCUT2D eigenvalue weighted by Gasteiger charge is 2.27. The quantitative estimate of drug-likeness (QED) is 0.536. The van der Waals surface area contributed by atoms with E-state index < -0.39 is 30.2 Å². The summed E-state index contributed by atoms with van der Waals surface area (Å²) < 4.78 is 34.7. The first-order chi connectivity index (χ1) is 15.9. The third-order valence-corrected chi connectivity index (χ3v) is 5.43. The average molecular weight is 453 g/mol. The lowest BCUT2D eigenvalue weighted by Crippen LogP contribution is -2.34. The minimum absolute atomic E-state index is 0.0332. The lowest BCUT2D eigenvalue weighted by Gasteiger charge is -2.29. The van der Waals surface area contributed by atoms with Crippen molar-refractivity contribution in [1.82, 2.24) is 5.06 Å². The fourth-order valence-electron chi connectivity index (χ4n) is 3.87.